The lowest BCUT2D eigenvalue weighted by Crippen LogP contribution is -2.06. The highest BCUT2D eigenvalue weighted by Gasteiger charge is 2.12. The summed E-state index contributed by atoms with van der Waals surface area (Å²) in [5.41, 5.74) is 3.87. The Kier molecular flexibility index (Phi) is 8.48. The van der Waals surface area contributed by atoms with Gasteiger partial charge in [0.05, 0.1) is 11.4 Å². The Balaban J connectivity index is 2.19. The number of alkyl halides is 2. The number of halogens is 2. The Labute approximate surface area is 180 Å². The molecule has 0 unspecified atom stereocenters. The molecule has 0 aliphatic heterocycles. The van der Waals surface area contributed by atoms with Crippen molar-refractivity contribution in [2.24, 2.45) is 10.2 Å². The molecule has 0 aliphatic rings. The molecule has 0 saturated heterocycles. The molecule has 2 aromatic rings. The second-order valence-electron chi connectivity index (χ2n) is 7.04. The standard InChI is InChI=1S/C22H26F2N6O/c1-14(2)17(12-30(5)6)18-9-10-20(28-27-18)31-13-15(3)21(29-25-4)19-8-7-16(11-26-19)22(23)24/h7-12,22H,1,13H2,2-6H3/b17-12+,21-15+,29-25?. The number of hydrogen-bond donors (Lipinski definition) is 0. The van der Waals surface area contributed by atoms with Crippen molar-refractivity contribution in [1.82, 2.24) is 20.1 Å². The highest BCUT2D eigenvalue weighted by atomic mass is 19.3. The molecule has 0 N–H and O–H groups in total. The average Bonchev–Trinajstić information content (AvgIpc) is 2.74. The van der Waals surface area contributed by atoms with Gasteiger partial charge in [-0.1, -0.05) is 6.58 Å². The van der Waals surface area contributed by atoms with Crippen LogP contribution in [0.2, 0.25) is 0 Å². The van der Waals surface area contributed by atoms with Crippen molar-refractivity contribution >= 4 is 11.3 Å². The molecule has 0 fully saturated rings. The summed E-state index contributed by atoms with van der Waals surface area (Å²) in [6.07, 6.45) is 0.476. The number of rotatable bonds is 9. The number of aromatic nitrogens is 3. The lowest BCUT2D eigenvalue weighted by molar-refractivity contribution is 0.151. The molecule has 164 valence electrons. The van der Waals surface area contributed by atoms with Crippen LogP contribution in [-0.2, 0) is 0 Å². The van der Waals surface area contributed by atoms with Gasteiger partial charge in [-0.3, -0.25) is 4.98 Å². The van der Waals surface area contributed by atoms with Gasteiger partial charge in [0.25, 0.3) is 6.43 Å². The van der Waals surface area contributed by atoms with E-state index in [0.717, 1.165) is 17.3 Å². The summed E-state index contributed by atoms with van der Waals surface area (Å²) in [5, 5.41) is 16.2. The van der Waals surface area contributed by atoms with Crippen LogP contribution in [-0.4, -0.2) is 47.8 Å². The first kappa shape index (κ1) is 23.8. The van der Waals surface area contributed by atoms with Crippen LogP contribution in [0.25, 0.3) is 11.3 Å². The average molecular weight is 428 g/mol. The summed E-state index contributed by atoms with van der Waals surface area (Å²) < 4.78 is 31.2. The second kappa shape index (κ2) is 11.1. The number of ether oxygens (including phenoxy) is 1. The van der Waals surface area contributed by atoms with Crippen molar-refractivity contribution in [3.8, 4) is 5.88 Å². The van der Waals surface area contributed by atoms with Crippen LogP contribution in [0.15, 0.2) is 64.6 Å². The number of pyridine rings is 1. The number of nitrogens with zero attached hydrogens (tertiary/aromatic N) is 6. The van der Waals surface area contributed by atoms with Gasteiger partial charge in [-0.15, -0.1) is 10.2 Å². The van der Waals surface area contributed by atoms with Crippen LogP contribution in [0.5, 0.6) is 5.88 Å². The van der Waals surface area contributed by atoms with Crippen molar-refractivity contribution < 1.29 is 13.5 Å². The molecule has 0 radical (unpaired) electrons. The first-order valence-corrected chi connectivity index (χ1v) is 9.48. The molecular formula is C22H26F2N6O. The quantitative estimate of drug-likeness (QED) is 0.406. The molecular weight excluding hydrogens is 402 g/mol. The van der Waals surface area contributed by atoms with E-state index in [1.165, 1.54) is 19.2 Å². The van der Waals surface area contributed by atoms with E-state index >= 15 is 0 Å². The Bertz CT molecular complexity index is 980. The van der Waals surface area contributed by atoms with Crippen LogP contribution in [0.4, 0.5) is 8.78 Å². The SMILES string of the molecule is C=C(C)/C(=C\N(C)C)c1ccc(OC/C(C)=C(/N=NC)c2ccc(C(F)F)cn2)nn1. The summed E-state index contributed by atoms with van der Waals surface area (Å²) in [4.78, 5) is 5.99. The highest BCUT2D eigenvalue weighted by molar-refractivity contribution is 5.75. The fourth-order valence-electron chi connectivity index (χ4n) is 2.57. The largest absolute Gasteiger partial charge is 0.472 e. The van der Waals surface area contributed by atoms with Gasteiger partial charge < -0.3 is 9.64 Å². The van der Waals surface area contributed by atoms with Crippen molar-refractivity contribution in [3.63, 3.8) is 0 Å². The minimum Gasteiger partial charge on any atom is -0.472 e. The highest BCUT2D eigenvalue weighted by Crippen LogP contribution is 2.24. The molecule has 0 saturated carbocycles. The smallest absolute Gasteiger partial charge is 0.265 e. The molecule has 2 heterocycles. The van der Waals surface area contributed by atoms with Crippen molar-refractivity contribution in [3.05, 3.63) is 71.3 Å². The van der Waals surface area contributed by atoms with Gasteiger partial charge in [-0.05, 0) is 43.2 Å². The van der Waals surface area contributed by atoms with Crippen LogP contribution in [0, 0.1) is 0 Å². The third kappa shape index (κ3) is 6.77. The molecule has 0 spiro atoms. The zero-order valence-electron chi connectivity index (χ0n) is 18.3. The molecule has 0 amide bonds. The number of allylic oxidation sites excluding steroid dienone is 2. The molecule has 2 rings (SSSR count). The molecule has 7 nitrogen and oxygen atoms in total. The van der Waals surface area contributed by atoms with Gasteiger partial charge in [-0.25, -0.2) is 8.78 Å². The number of azo groups is 1. The van der Waals surface area contributed by atoms with Crippen LogP contribution < -0.4 is 4.74 Å². The molecule has 31 heavy (non-hydrogen) atoms. The van der Waals surface area contributed by atoms with Crippen LogP contribution in [0.1, 0.15) is 37.2 Å². The zero-order valence-corrected chi connectivity index (χ0v) is 18.3. The predicted octanol–water partition coefficient (Wildman–Crippen LogP) is 5.18. The first-order valence-electron chi connectivity index (χ1n) is 9.48. The third-order valence-electron chi connectivity index (χ3n) is 4.08. The fourth-order valence-corrected chi connectivity index (χ4v) is 2.57. The van der Waals surface area contributed by atoms with E-state index in [2.05, 4.69) is 32.0 Å². The van der Waals surface area contributed by atoms with E-state index < -0.39 is 6.43 Å². The van der Waals surface area contributed by atoms with E-state index in [9.17, 15) is 8.78 Å². The van der Waals surface area contributed by atoms with Gasteiger partial charge in [0, 0.05) is 50.7 Å². The Morgan fingerprint density at radius 3 is 2.35 bits per heavy atom. The minimum atomic E-state index is -2.58. The molecule has 0 atom stereocenters. The third-order valence-corrected chi connectivity index (χ3v) is 4.08. The predicted molar refractivity (Wildman–Crippen MR) is 117 cm³/mol. The summed E-state index contributed by atoms with van der Waals surface area (Å²) in [6, 6.07) is 6.33. The maximum atomic E-state index is 12.8. The second-order valence-corrected chi connectivity index (χ2v) is 7.04. The Hall–Kier alpha value is -3.49. The van der Waals surface area contributed by atoms with Crippen LogP contribution >= 0.6 is 0 Å². The summed E-state index contributed by atoms with van der Waals surface area (Å²) in [5.74, 6) is 0.336. The monoisotopic (exact) mass is 428 g/mol. The fraction of sp³-hybridized carbons (Fsp3) is 0.318. The maximum Gasteiger partial charge on any atom is 0.265 e. The lowest BCUT2D eigenvalue weighted by atomic mass is 10.1. The van der Waals surface area contributed by atoms with E-state index in [1.54, 1.807) is 13.0 Å². The normalized spacial score (nSPS) is 12.8. The zero-order chi connectivity index (χ0) is 23.0. The van der Waals surface area contributed by atoms with Gasteiger partial charge in [0.2, 0.25) is 5.88 Å². The lowest BCUT2D eigenvalue weighted by Gasteiger charge is -2.12. The van der Waals surface area contributed by atoms with E-state index in [0.29, 0.717) is 28.5 Å². The molecule has 0 aliphatic carbocycles. The maximum absolute atomic E-state index is 12.8. The topological polar surface area (TPSA) is 75.9 Å². The minimum absolute atomic E-state index is 0.154. The molecule has 0 bridgehead atoms. The van der Waals surface area contributed by atoms with E-state index in [4.69, 9.17) is 4.74 Å². The first-order chi connectivity index (χ1) is 14.7. The summed E-state index contributed by atoms with van der Waals surface area (Å²) in [6.45, 7) is 7.84. The van der Waals surface area contributed by atoms with Gasteiger partial charge in [0.1, 0.15) is 12.3 Å². The van der Waals surface area contributed by atoms with Crippen molar-refractivity contribution in [2.45, 2.75) is 20.3 Å². The van der Waals surface area contributed by atoms with Crippen LogP contribution in [0.3, 0.4) is 0 Å². The van der Waals surface area contributed by atoms with Crippen molar-refractivity contribution in [2.75, 3.05) is 27.7 Å². The Morgan fingerprint density at radius 1 is 1.16 bits per heavy atom. The van der Waals surface area contributed by atoms with E-state index in [-0.39, 0.29) is 12.2 Å². The summed E-state index contributed by atoms with van der Waals surface area (Å²) >= 11 is 0. The molecule has 9 heteroatoms. The Morgan fingerprint density at radius 2 is 1.87 bits per heavy atom. The van der Waals surface area contributed by atoms with Crippen molar-refractivity contribution in [1.29, 1.82) is 0 Å². The molecule has 2 aromatic heterocycles. The van der Waals surface area contributed by atoms with E-state index in [1.807, 2.05) is 38.2 Å². The molecule has 0 aromatic carbocycles. The van der Waals surface area contributed by atoms with Gasteiger partial charge in [-0.2, -0.15) is 10.2 Å². The van der Waals surface area contributed by atoms with Gasteiger partial charge in [0.15, 0.2) is 0 Å². The number of hydrogen-bond acceptors (Lipinski definition) is 7. The summed E-state index contributed by atoms with van der Waals surface area (Å²) in [7, 11) is 5.36. The van der Waals surface area contributed by atoms with Gasteiger partial charge >= 0.3 is 0 Å².